The molecule has 4 aromatic rings. The second-order valence-electron chi connectivity index (χ2n) is 8.85. The number of nitrogens with zero attached hydrogens (tertiary/aromatic N) is 4. The lowest BCUT2D eigenvalue weighted by Crippen LogP contribution is -2.38. The van der Waals surface area contributed by atoms with E-state index in [9.17, 15) is 26.7 Å². The SMILES string of the molecule is COc1cccc2c1n(Cc1ncccc1C(F)(F)F)c(=O)n2C1CCN(c2c(F)cccc2F)CC1. The molecule has 0 radical (unpaired) electrons. The minimum absolute atomic E-state index is 0.104. The highest BCUT2D eigenvalue weighted by molar-refractivity contribution is 5.83. The predicted molar refractivity (Wildman–Crippen MR) is 128 cm³/mol. The highest BCUT2D eigenvalue weighted by atomic mass is 19.4. The monoisotopic (exact) mass is 518 g/mol. The molecule has 0 saturated carbocycles. The molecule has 1 fully saturated rings. The van der Waals surface area contributed by atoms with Crippen molar-refractivity contribution in [2.75, 3.05) is 25.1 Å². The van der Waals surface area contributed by atoms with Crippen LogP contribution >= 0.6 is 0 Å². The van der Waals surface area contributed by atoms with Gasteiger partial charge in [-0.3, -0.25) is 14.1 Å². The zero-order valence-corrected chi connectivity index (χ0v) is 19.8. The first-order valence-corrected chi connectivity index (χ1v) is 11.7. The summed E-state index contributed by atoms with van der Waals surface area (Å²) < 4.78 is 77.7. The fourth-order valence-electron chi connectivity index (χ4n) is 5.08. The first kappa shape index (κ1) is 24.8. The molecule has 0 spiro atoms. The van der Waals surface area contributed by atoms with E-state index in [4.69, 9.17) is 4.74 Å². The maximum Gasteiger partial charge on any atom is 0.418 e. The molecule has 1 aliphatic heterocycles. The van der Waals surface area contributed by atoms with Crippen LogP contribution in [0.15, 0.2) is 59.5 Å². The molecule has 11 heteroatoms. The molecule has 1 aliphatic rings. The van der Waals surface area contributed by atoms with Crippen LogP contribution in [0.5, 0.6) is 5.75 Å². The number of alkyl halides is 3. The Hall–Kier alpha value is -3.89. The molecule has 37 heavy (non-hydrogen) atoms. The second-order valence-corrected chi connectivity index (χ2v) is 8.85. The van der Waals surface area contributed by atoms with Gasteiger partial charge in [0.2, 0.25) is 0 Å². The highest BCUT2D eigenvalue weighted by Gasteiger charge is 2.35. The Morgan fingerprint density at radius 2 is 1.68 bits per heavy atom. The average Bonchev–Trinajstić information content (AvgIpc) is 3.15. The number of hydrogen-bond acceptors (Lipinski definition) is 4. The van der Waals surface area contributed by atoms with E-state index in [0.29, 0.717) is 42.7 Å². The summed E-state index contributed by atoms with van der Waals surface area (Å²) in [6.45, 7) is 0.186. The number of rotatable bonds is 5. The van der Waals surface area contributed by atoms with Crippen molar-refractivity contribution in [2.24, 2.45) is 0 Å². The number of aromatic nitrogens is 3. The van der Waals surface area contributed by atoms with E-state index >= 15 is 0 Å². The summed E-state index contributed by atoms with van der Waals surface area (Å²) in [4.78, 5) is 19.2. The van der Waals surface area contributed by atoms with E-state index in [0.717, 1.165) is 6.07 Å². The van der Waals surface area contributed by atoms with Crippen molar-refractivity contribution in [1.29, 1.82) is 0 Å². The number of para-hydroxylation sites is 2. The number of fused-ring (bicyclic) bond motifs is 1. The van der Waals surface area contributed by atoms with Crippen LogP contribution in [-0.4, -0.2) is 34.3 Å². The maximum absolute atomic E-state index is 14.3. The molecule has 0 N–H and O–H groups in total. The van der Waals surface area contributed by atoms with Crippen LogP contribution in [0.2, 0.25) is 0 Å². The van der Waals surface area contributed by atoms with Crippen molar-refractivity contribution in [3.63, 3.8) is 0 Å². The largest absolute Gasteiger partial charge is 0.494 e. The number of pyridine rings is 1. The van der Waals surface area contributed by atoms with Gasteiger partial charge in [-0.2, -0.15) is 13.2 Å². The Kier molecular flexibility index (Phi) is 6.38. The zero-order chi connectivity index (χ0) is 26.3. The molecule has 0 amide bonds. The molecular weight excluding hydrogens is 495 g/mol. The lowest BCUT2D eigenvalue weighted by Gasteiger charge is -2.34. The Bertz CT molecular complexity index is 1480. The second kappa shape index (κ2) is 9.53. The number of anilines is 1. The molecule has 2 aromatic heterocycles. The molecule has 0 atom stereocenters. The van der Waals surface area contributed by atoms with Gasteiger partial charge in [0.05, 0.1) is 30.4 Å². The van der Waals surface area contributed by atoms with Crippen LogP contribution in [0.4, 0.5) is 27.6 Å². The van der Waals surface area contributed by atoms with Gasteiger partial charge in [-0.25, -0.2) is 13.6 Å². The average molecular weight is 518 g/mol. The Balaban J connectivity index is 1.55. The summed E-state index contributed by atoms with van der Waals surface area (Å²) in [6.07, 6.45) is -2.57. The number of halogens is 5. The standard InChI is InChI=1S/C26H23F5N4O2/c1-37-22-9-3-8-21-24(22)34(15-20-17(26(29,30)31)5-4-12-32-20)25(36)35(21)16-10-13-33(14-11-16)23-18(27)6-2-7-19(23)28/h2-9,12,16H,10-11,13-15H2,1H3. The number of benzene rings is 2. The summed E-state index contributed by atoms with van der Waals surface area (Å²) >= 11 is 0. The molecule has 0 unspecified atom stereocenters. The summed E-state index contributed by atoms with van der Waals surface area (Å²) in [7, 11) is 1.42. The minimum Gasteiger partial charge on any atom is -0.494 e. The van der Waals surface area contributed by atoms with Gasteiger partial charge in [0.1, 0.15) is 28.6 Å². The zero-order valence-electron chi connectivity index (χ0n) is 19.8. The molecule has 194 valence electrons. The van der Waals surface area contributed by atoms with Gasteiger partial charge >= 0.3 is 11.9 Å². The number of ether oxygens (including phenoxy) is 1. The molecule has 0 bridgehead atoms. The van der Waals surface area contributed by atoms with Crippen LogP contribution in [0.3, 0.4) is 0 Å². The fourth-order valence-corrected chi connectivity index (χ4v) is 5.08. The van der Waals surface area contributed by atoms with E-state index in [-0.39, 0.29) is 17.4 Å². The molecule has 3 heterocycles. The van der Waals surface area contributed by atoms with Gasteiger partial charge < -0.3 is 9.64 Å². The Labute approximate surface area is 208 Å². The number of imidazole rings is 1. The molecular formula is C26H23F5N4O2. The first-order chi connectivity index (χ1) is 17.7. The van der Waals surface area contributed by atoms with Crippen molar-refractivity contribution in [1.82, 2.24) is 14.1 Å². The van der Waals surface area contributed by atoms with Crippen molar-refractivity contribution in [3.8, 4) is 5.75 Å². The van der Waals surface area contributed by atoms with Gasteiger partial charge in [-0.15, -0.1) is 0 Å². The van der Waals surface area contributed by atoms with Gasteiger partial charge in [0.25, 0.3) is 0 Å². The van der Waals surface area contributed by atoms with Crippen LogP contribution in [0, 0.1) is 11.6 Å². The lowest BCUT2D eigenvalue weighted by molar-refractivity contribution is -0.138. The van der Waals surface area contributed by atoms with E-state index in [1.54, 1.807) is 27.7 Å². The van der Waals surface area contributed by atoms with Crippen LogP contribution in [-0.2, 0) is 12.7 Å². The third-order valence-electron chi connectivity index (χ3n) is 6.75. The number of methoxy groups -OCH3 is 1. The van der Waals surface area contributed by atoms with E-state index in [1.165, 1.54) is 42.1 Å². The number of hydrogen-bond donors (Lipinski definition) is 0. The molecule has 0 aliphatic carbocycles. The van der Waals surface area contributed by atoms with Gasteiger partial charge in [0, 0.05) is 25.3 Å². The third-order valence-corrected chi connectivity index (χ3v) is 6.75. The number of piperidine rings is 1. The summed E-state index contributed by atoms with van der Waals surface area (Å²) in [5.74, 6) is -0.982. The summed E-state index contributed by atoms with van der Waals surface area (Å²) in [6, 6.07) is 10.5. The van der Waals surface area contributed by atoms with Gasteiger partial charge in [-0.1, -0.05) is 12.1 Å². The van der Waals surface area contributed by atoms with Crippen molar-refractivity contribution >= 4 is 16.7 Å². The van der Waals surface area contributed by atoms with Crippen molar-refractivity contribution < 1.29 is 26.7 Å². The first-order valence-electron chi connectivity index (χ1n) is 11.7. The minimum atomic E-state index is -4.63. The molecule has 2 aromatic carbocycles. The van der Waals surface area contributed by atoms with Gasteiger partial charge in [0.15, 0.2) is 0 Å². The topological polar surface area (TPSA) is 52.3 Å². The summed E-state index contributed by atoms with van der Waals surface area (Å²) in [5.41, 5.74) is -0.952. The van der Waals surface area contributed by atoms with Crippen LogP contribution in [0.1, 0.15) is 30.1 Å². The highest BCUT2D eigenvalue weighted by Crippen LogP contribution is 2.35. The van der Waals surface area contributed by atoms with E-state index in [2.05, 4.69) is 4.98 Å². The predicted octanol–water partition coefficient (Wildman–Crippen LogP) is 5.39. The Morgan fingerprint density at radius 1 is 1.00 bits per heavy atom. The molecule has 5 rings (SSSR count). The van der Waals surface area contributed by atoms with Crippen LogP contribution < -0.4 is 15.3 Å². The van der Waals surface area contributed by atoms with Crippen molar-refractivity contribution in [2.45, 2.75) is 31.6 Å². The normalized spacial score (nSPS) is 14.9. The quantitative estimate of drug-likeness (QED) is 0.333. The third kappa shape index (κ3) is 4.42. The summed E-state index contributed by atoms with van der Waals surface area (Å²) in [5, 5.41) is 0. The maximum atomic E-state index is 14.3. The lowest BCUT2D eigenvalue weighted by atomic mass is 10.0. The van der Waals surface area contributed by atoms with E-state index in [1.807, 2.05) is 0 Å². The van der Waals surface area contributed by atoms with E-state index < -0.39 is 35.6 Å². The fraction of sp³-hybridized carbons (Fsp3) is 0.308. The molecule has 1 saturated heterocycles. The van der Waals surface area contributed by atoms with Gasteiger partial charge in [-0.05, 0) is 49.2 Å². The molecule has 6 nitrogen and oxygen atoms in total. The Morgan fingerprint density at radius 3 is 2.32 bits per heavy atom. The van der Waals surface area contributed by atoms with Crippen LogP contribution in [0.25, 0.3) is 11.0 Å². The van der Waals surface area contributed by atoms with Crippen molar-refractivity contribution in [3.05, 3.63) is 88.1 Å². The smallest absolute Gasteiger partial charge is 0.418 e.